The zero-order chi connectivity index (χ0) is 23.3. The van der Waals surface area contributed by atoms with Gasteiger partial charge in [0.15, 0.2) is 5.82 Å². The normalized spacial score (nSPS) is 12.7. The fourth-order valence-electron chi connectivity index (χ4n) is 3.61. The number of aryl methyl sites for hydroxylation is 1. The Morgan fingerprint density at radius 2 is 1.64 bits per heavy atom. The van der Waals surface area contributed by atoms with Gasteiger partial charge >= 0.3 is 0 Å². The Morgan fingerprint density at radius 1 is 0.939 bits per heavy atom. The number of nitrogens with one attached hydrogen (secondary N) is 1. The zero-order valence-corrected chi connectivity index (χ0v) is 19.7. The van der Waals surface area contributed by atoms with E-state index in [1.54, 1.807) is 28.6 Å². The van der Waals surface area contributed by atoms with E-state index in [1.807, 2.05) is 49.4 Å². The third-order valence-electron chi connectivity index (χ3n) is 5.52. The molecular formula is C24H24ClN5O2S. The van der Waals surface area contributed by atoms with Crippen LogP contribution in [-0.2, 0) is 23.0 Å². The van der Waals surface area contributed by atoms with E-state index in [-0.39, 0.29) is 17.5 Å². The molecule has 4 aromatic rings. The lowest BCUT2D eigenvalue weighted by Crippen LogP contribution is -2.38. The smallest absolute Gasteiger partial charge is 0.239 e. The molecule has 0 aliphatic carbocycles. The molecule has 0 radical (unpaired) electrons. The number of benzene rings is 3. The van der Waals surface area contributed by atoms with Crippen LogP contribution in [0.2, 0.25) is 5.02 Å². The number of rotatable bonds is 9. The van der Waals surface area contributed by atoms with E-state index in [0.29, 0.717) is 17.3 Å². The van der Waals surface area contributed by atoms with E-state index in [9.17, 15) is 8.42 Å². The molecule has 1 N–H and O–H groups in total. The number of nitrogens with zero attached hydrogens (tertiary/aromatic N) is 4. The van der Waals surface area contributed by atoms with E-state index in [1.165, 1.54) is 5.56 Å². The van der Waals surface area contributed by atoms with Crippen molar-refractivity contribution in [1.82, 2.24) is 24.9 Å². The topological polar surface area (TPSA) is 91.8 Å². The first kappa shape index (κ1) is 23.1. The van der Waals surface area contributed by atoms with Gasteiger partial charge in [-0.15, -0.1) is 5.10 Å². The summed E-state index contributed by atoms with van der Waals surface area (Å²) >= 11 is 5.98. The molecule has 0 aliphatic rings. The van der Waals surface area contributed by atoms with Gasteiger partial charge in [-0.25, -0.2) is 13.5 Å². The fourth-order valence-corrected chi connectivity index (χ4v) is 5.39. The van der Waals surface area contributed by atoms with Gasteiger partial charge in [0.25, 0.3) is 0 Å². The summed E-state index contributed by atoms with van der Waals surface area (Å²) in [4.78, 5) is 0.225. The summed E-state index contributed by atoms with van der Waals surface area (Å²) in [5, 5.41) is 14.3. The number of halogens is 1. The molecule has 3 aromatic carbocycles. The van der Waals surface area contributed by atoms with Gasteiger partial charge in [-0.2, -0.15) is 4.31 Å². The van der Waals surface area contributed by atoms with Crippen molar-refractivity contribution >= 4 is 21.6 Å². The van der Waals surface area contributed by atoms with Crippen LogP contribution >= 0.6 is 11.6 Å². The number of sulfonamides is 1. The van der Waals surface area contributed by atoms with E-state index < -0.39 is 10.0 Å². The summed E-state index contributed by atoms with van der Waals surface area (Å²) < 4.78 is 28.8. The molecule has 0 bridgehead atoms. The third kappa shape index (κ3) is 5.65. The maximum atomic E-state index is 13.6. The molecule has 4 rings (SSSR count). The molecule has 1 aromatic heterocycles. The molecule has 0 fully saturated rings. The maximum Gasteiger partial charge on any atom is 0.243 e. The first-order valence-electron chi connectivity index (χ1n) is 10.6. The number of tetrazole rings is 1. The summed E-state index contributed by atoms with van der Waals surface area (Å²) in [6, 6.07) is 23.7. The molecule has 0 amide bonds. The summed E-state index contributed by atoms with van der Waals surface area (Å²) in [7, 11) is -3.74. The highest BCUT2D eigenvalue weighted by atomic mass is 35.5. The van der Waals surface area contributed by atoms with E-state index in [4.69, 9.17) is 11.6 Å². The Hall–Kier alpha value is -3.07. The molecular weight excluding hydrogens is 458 g/mol. The molecule has 1 heterocycles. The minimum atomic E-state index is -3.74. The van der Waals surface area contributed by atoms with Crippen LogP contribution in [0.25, 0.3) is 11.4 Å². The molecule has 0 aliphatic heterocycles. The van der Waals surface area contributed by atoms with Crippen LogP contribution < -0.4 is 0 Å². The van der Waals surface area contributed by atoms with Crippen LogP contribution in [0, 0.1) is 0 Å². The zero-order valence-electron chi connectivity index (χ0n) is 18.1. The van der Waals surface area contributed by atoms with Gasteiger partial charge in [-0.1, -0.05) is 66.2 Å². The monoisotopic (exact) mass is 481 g/mol. The van der Waals surface area contributed by atoms with Crippen LogP contribution in [-0.4, -0.2) is 39.4 Å². The van der Waals surface area contributed by atoms with E-state index >= 15 is 0 Å². The Balaban J connectivity index is 1.59. The number of H-pyrrole nitrogens is 1. The van der Waals surface area contributed by atoms with Crippen molar-refractivity contribution in [2.24, 2.45) is 0 Å². The van der Waals surface area contributed by atoms with Crippen molar-refractivity contribution in [2.45, 2.75) is 37.2 Å². The Bertz CT molecular complexity index is 1260. The minimum absolute atomic E-state index is 0.218. The molecule has 0 saturated heterocycles. The highest BCUT2D eigenvalue weighted by Crippen LogP contribution is 2.25. The standard InChI is InChI=1S/C24H24ClN5O2S/c1-18(7-8-19-5-3-2-4-6-19)30(33(31,32)23-15-13-22(25)14-16-23)17-20-9-11-21(12-10-20)24-26-28-29-27-24/h2-6,9-16,18H,7-8,17H2,1H3,(H,26,27,28,29). The first-order valence-corrected chi connectivity index (χ1v) is 12.4. The molecule has 7 nitrogen and oxygen atoms in total. The molecule has 9 heteroatoms. The second-order valence-corrected chi connectivity index (χ2v) is 10.2. The second-order valence-electron chi connectivity index (χ2n) is 7.82. The largest absolute Gasteiger partial charge is 0.243 e. The van der Waals surface area contributed by atoms with Gasteiger partial charge in [0.2, 0.25) is 10.0 Å². The van der Waals surface area contributed by atoms with Crippen molar-refractivity contribution in [1.29, 1.82) is 0 Å². The van der Waals surface area contributed by atoms with Crippen LogP contribution in [0.4, 0.5) is 0 Å². The number of aromatic amines is 1. The Morgan fingerprint density at radius 3 is 2.27 bits per heavy atom. The number of hydrogen-bond acceptors (Lipinski definition) is 5. The average molecular weight is 482 g/mol. The van der Waals surface area contributed by atoms with Crippen LogP contribution in [0.1, 0.15) is 24.5 Å². The highest BCUT2D eigenvalue weighted by molar-refractivity contribution is 7.89. The van der Waals surface area contributed by atoms with Crippen LogP contribution in [0.3, 0.4) is 0 Å². The van der Waals surface area contributed by atoms with E-state index in [0.717, 1.165) is 17.5 Å². The van der Waals surface area contributed by atoms with Crippen molar-refractivity contribution in [3.63, 3.8) is 0 Å². The number of aromatic nitrogens is 4. The molecule has 33 heavy (non-hydrogen) atoms. The summed E-state index contributed by atoms with van der Waals surface area (Å²) in [5.41, 5.74) is 2.88. The summed E-state index contributed by atoms with van der Waals surface area (Å²) in [6.07, 6.45) is 1.48. The van der Waals surface area contributed by atoms with Crippen molar-refractivity contribution in [2.75, 3.05) is 0 Å². The summed E-state index contributed by atoms with van der Waals surface area (Å²) in [5.74, 6) is 0.559. The van der Waals surface area contributed by atoms with Gasteiger partial charge in [-0.05, 0) is 65.6 Å². The lowest BCUT2D eigenvalue weighted by molar-refractivity contribution is 0.315. The maximum absolute atomic E-state index is 13.6. The Labute approximate surface area is 198 Å². The average Bonchev–Trinajstić information content (AvgIpc) is 3.37. The van der Waals surface area contributed by atoms with Gasteiger partial charge in [0.05, 0.1) is 4.90 Å². The van der Waals surface area contributed by atoms with Crippen molar-refractivity contribution < 1.29 is 8.42 Å². The SMILES string of the molecule is CC(CCc1ccccc1)N(Cc1ccc(-c2nnn[nH]2)cc1)S(=O)(=O)c1ccc(Cl)cc1. The Kier molecular flexibility index (Phi) is 7.17. The van der Waals surface area contributed by atoms with Crippen LogP contribution in [0.5, 0.6) is 0 Å². The number of hydrogen-bond donors (Lipinski definition) is 1. The molecule has 0 spiro atoms. The summed E-state index contributed by atoms with van der Waals surface area (Å²) in [6.45, 7) is 2.20. The lowest BCUT2D eigenvalue weighted by Gasteiger charge is -2.29. The van der Waals surface area contributed by atoms with Gasteiger partial charge in [0, 0.05) is 23.2 Å². The molecule has 0 saturated carbocycles. The lowest BCUT2D eigenvalue weighted by atomic mass is 10.1. The van der Waals surface area contributed by atoms with Gasteiger partial charge < -0.3 is 0 Å². The van der Waals surface area contributed by atoms with Crippen molar-refractivity contribution in [3.05, 3.63) is 95.0 Å². The van der Waals surface area contributed by atoms with E-state index in [2.05, 4.69) is 32.8 Å². The predicted molar refractivity (Wildman–Crippen MR) is 128 cm³/mol. The molecule has 1 atom stereocenters. The van der Waals surface area contributed by atoms with Crippen molar-refractivity contribution in [3.8, 4) is 11.4 Å². The molecule has 170 valence electrons. The predicted octanol–water partition coefficient (Wildman–Crippen LogP) is 4.73. The second kappa shape index (κ2) is 10.2. The van der Waals surface area contributed by atoms with Crippen LogP contribution in [0.15, 0.2) is 83.8 Å². The first-order chi connectivity index (χ1) is 15.9. The quantitative estimate of drug-likeness (QED) is 0.373. The third-order valence-corrected chi connectivity index (χ3v) is 7.74. The van der Waals surface area contributed by atoms with Gasteiger partial charge in [-0.3, -0.25) is 0 Å². The minimum Gasteiger partial charge on any atom is -0.239 e. The fraction of sp³-hybridized carbons (Fsp3) is 0.208. The van der Waals surface area contributed by atoms with Gasteiger partial charge in [0.1, 0.15) is 0 Å². The molecule has 1 unspecified atom stereocenters. The highest BCUT2D eigenvalue weighted by Gasteiger charge is 2.29.